The molecule has 2 rings (SSSR count). The highest BCUT2D eigenvalue weighted by atomic mass is 16.5. The number of aliphatic hydroxyl groups excluding tert-OH is 1. The number of piperidine rings is 1. The van der Waals surface area contributed by atoms with Crippen LogP contribution in [0.2, 0.25) is 0 Å². The van der Waals surface area contributed by atoms with Crippen LogP contribution in [0.3, 0.4) is 0 Å². The van der Waals surface area contributed by atoms with Crippen molar-refractivity contribution in [1.29, 1.82) is 5.41 Å². The molecule has 1 aromatic carbocycles. The minimum atomic E-state index is 0.0986. The summed E-state index contributed by atoms with van der Waals surface area (Å²) in [5, 5.41) is 16.4. The summed E-state index contributed by atoms with van der Waals surface area (Å²) >= 11 is 0. The van der Waals surface area contributed by atoms with Crippen molar-refractivity contribution in [3.8, 4) is 5.75 Å². The van der Waals surface area contributed by atoms with Gasteiger partial charge < -0.3 is 20.5 Å². The van der Waals surface area contributed by atoms with Gasteiger partial charge in [0.2, 0.25) is 0 Å². The summed E-state index contributed by atoms with van der Waals surface area (Å²) in [6.45, 7) is 6.40. The Morgan fingerprint density at radius 2 is 2.08 bits per heavy atom. The second-order valence-electron chi connectivity index (χ2n) is 6.74. The van der Waals surface area contributed by atoms with Crippen molar-refractivity contribution in [3.05, 3.63) is 29.3 Å². The average Bonchev–Trinajstić information content (AvgIpc) is 2.57. The molecule has 5 heteroatoms. The number of benzene rings is 1. The molecule has 0 spiro atoms. The van der Waals surface area contributed by atoms with Crippen LogP contribution >= 0.6 is 0 Å². The van der Waals surface area contributed by atoms with Crippen molar-refractivity contribution in [2.75, 3.05) is 32.8 Å². The summed E-state index contributed by atoms with van der Waals surface area (Å²) in [7, 11) is 0. The molecule has 0 bridgehead atoms. The normalized spacial score (nSPS) is 16.2. The van der Waals surface area contributed by atoms with Crippen LogP contribution in [0.15, 0.2) is 18.2 Å². The molecule has 0 radical (unpaired) electrons. The largest absolute Gasteiger partial charge is 0.494 e. The fourth-order valence-corrected chi connectivity index (χ4v) is 3.39. The van der Waals surface area contributed by atoms with Gasteiger partial charge in [-0.25, -0.2) is 0 Å². The quantitative estimate of drug-likeness (QED) is 0.368. The van der Waals surface area contributed by atoms with Gasteiger partial charge in [0.25, 0.3) is 0 Å². The van der Waals surface area contributed by atoms with Crippen molar-refractivity contribution >= 4 is 5.84 Å². The average molecular weight is 333 g/mol. The summed E-state index contributed by atoms with van der Waals surface area (Å²) in [6, 6.07) is 5.68. The van der Waals surface area contributed by atoms with Crippen LogP contribution in [0.4, 0.5) is 0 Å². The van der Waals surface area contributed by atoms with Gasteiger partial charge in [0.1, 0.15) is 11.6 Å². The lowest BCUT2D eigenvalue weighted by Crippen LogP contribution is -2.35. The van der Waals surface area contributed by atoms with Crippen molar-refractivity contribution in [3.63, 3.8) is 0 Å². The molecule has 134 valence electrons. The fraction of sp³-hybridized carbons (Fsp3) is 0.632. The fourth-order valence-electron chi connectivity index (χ4n) is 3.39. The predicted octanol–water partition coefficient (Wildman–Crippen LogP) is 2.53. The molecule has 0 atom stereocenters. The Bertz CT molecular complexity index is 525. The highest BCUT2D eigenvalue weighted by Gasteiger charge is 2.18. The molecule has 1 saturated heterocycles. The SMILES string of the molecule is Cc1cc(OCCCN2CCC(CCCO)CC2)ccc1C(=N)N. The lowest BCUT2D eigenvalue weighted by molar-refractivity contribution is 0.160. The number of nitrogens with one attached hydrogen (secondary N) is 1. The first kappa shape index (κ1) is 18.7. The third-order valence-corrected chi connectivity index (χ3v) is 4.85. The van der Waals surface area contributed by atoms with Crippen LogP contribution in [-0.2, 0) is 0 Å². The van der Waals surface area contributed by atoms with E-state index in [0.717, 1.165) is 42.2 Å². The molecular weight excluding hydrogens is 302 g/mol. The Kier molecular flexibility index (Phi) is 7.53. The summed E-state index contributed by atoms with van der Waals surface area (Å²) in [5.41, 5.74) is 7.28. The molecule has 1 fully saturated rings. The first-order valence-electron chi connectivity index (χ1n) is 9.01. The smallest absolute Gasteiger partial charge is 0.123 e. The number of aliphatic hydroxyl groups is 1. The Hall–Kier alpha value is -1.59. The molecule has 24 heavy (non-hydrogen) atoms. The topological polar surface area (TPSA) is 82.6 Å². The van der Waals surface area contributed by atoms with Gasteiger partial charge in [-0.2, -0.15) is 0 Å². The molecule has 0 amide bonds. The van der Waals surface area contributed by atoms with Gasteiger partial charge in [-0.1, -0.05) is 0 Å². The van der Waals surface area contributed by atoms with Crippen LogP contribution in [0.1, 0.15) is 43.2 Å². The van der Waals surface area contributed by atoms with E-state index in [-0.39, 0.29) is 5.84 Å². The van der Waals surface area contributed by atoms with E-state index in [2.05, 4.69) is 4.90 Å². The van der Waals surface area contributed by atoms with E-state index in [0.29, 0.717) is 13.2 Å². The van der Waals surface area contributed by atoms with Crippen LogP contribution < -0.4 is 10.5 Å². The van der Waals surface area contributed by atoms with E-state index >= 15 is 0 Å². The second-order valence-corrected chi connectivity index (χ2v) is 6.74. The molecule has 1 heterocycles. The minimum Gasteiger partial charge on any atom is -0.494 e. The first-order chi connectivity index (χ1) is 11.6. The van der Waals surface area contributed by atoms with E-state index in [1.54, 1.807) is 0 Å². The van der Waals surface area contributed by atoms with Gasteiger partial charge >= 0.3 is 0 Å². The number of nitrogens with two attached hydrogens (primary N) is 1. The van der Waals surface area contributed by atoms with Crippen LogP contribution in [0.5, 0.6) is 5.75 Å². The van der Waals surface area contributed by atoms with Crippen molar-refractivity contribution in [1.82, 2.24) is 4.90 Å². The van der Waals surface area contributed by atoms with Crippen LogP contribution in [0.25, 0.3) is 0 Å². The summed E-state index contributed by atoms with van der Waals surface area (Å²) in [5.74, 6) is 1.74. The second kappa shape index (κ2) is 9.64. The molecule has 5 nitrogen and oxygen atoms in total. The highest BCUT2D eigenvalue weighted by Crippen LogP contribution is 2.22. The molecule has 0 aliphatic carbocycles. The van der Waals surface area contributed by atoms with Crippen molar-refractivity contribution < 1.29 is 9.84 Å². The number of nitrogen functional groups attached to an aromatic ring is 1. The zero-order valence-corrected chi connectivity index (χ0v) is 14.8. The number of hydrogen-bond donors (Lipinski definition) is 3. The molecule has 1 aliphatic rings. The standard InChI is InChI=1S/C19H31N3O2/c1-15-14-17(5-6-18(15)19(20)21)24-13-3-9-22-10-7-16(8-11-22)4-2-12-23/h5-6,14,16,23H,2-4,7-13H2,1H3,(H3,20,21). The molecule has 0 aromatic heterocycles. The Morgan fingerprint density at radius 1 is 1.33 bits per heavy atom. The van der Waals surface area contributed by atoms with Gasteiger partial charge in [0.15, 0.2) is 0 Å². The number of likely N-dealkylation sites (tertiary alicyclic amines) is 1. The maximum atomic E-state index is 8.90. The summed E-state index contributed by atoms with van der Waals surface area (Å²) < 4.78 is 5.82. The summed E-state index contributed by atoms with van der Waals surface area (Å²) in [4.78, 5) is 2.52. The van der Waals surface area contributed by atoms with Gasteiger partial charge in [0, 0.05) is 18.7 Å². The Labute approximate surface area is 145 Å². The Morgan fingerprint density at radius 3 is 2.71 bits per heavy atom. The number of aryl methyl sites for hydroxylation is 1. The van der Waals surface area contributed by atoms with Crippen LogP contribution in [-0.4, -0.2) is 48.7 Å². The Balaban J connectivity index is 1.63. The van der Waals surface area contributed by atoms with E-state index in [1.807, 2.05) is 25.1 Å². The number of nitrogens with zero attached hydrogens (tertiary/aromatic N) is 1. The maximum absolute atomic E-state index is 8.90. The number of ether oxygens (including phenoxy) is 1. The van der Waals surface area contributed by atoms with Gasteiger partial charge in [-0.15, -0.1) is 0 Å². The molecule has 0 saturated carbocycles. The third kappa shape index (κ3) is 5.80. The predicted molar refractivity (Wildman–Crippen MR) is 97.8 cm³/mol. The van der Waals surface area contributed by atoms with Crippen molar-refractivity contribution in [2.45, 2.75) is 39.0 Å². The van der Waals surface area contributed by atoms with Crippen LogP contribution in [0, 0.1) is 18.3 Å². The van der Waals surface area contributed by atoms with E-state index in [4.69, 9.17) is 21.0 Å². The maximum Gasteiger partial charge on any atom is 0.123 e. The van der Waals surface area contributed by atoms with Crippen molar-refractivity contribution in [2.24, 2.45) is 11.7 Å². The number of hydrogen-bond acceptors (Lipinski definition) is 4. The zero-order valence-electron chi connectivity index (χ0n) is 14.8. The lowest BCUT2D eigenvalue weighted by Gasteiger charge is -2.31. The summed E-state index contributed by atoms with van der Waals surface area (Å²) in [6.07, 6.45) is 5.65. The first-order valence-corrected chi connectivity index (χ1v) is 9.01. The monoisotopic (exact) mass is 333 g/mol. The van der Waals surface area contributed by atoms with E-state index in [9.17, 15) is 0 Å². The highest BCUT2D eigenvalue weighted by molar-refractivity contribution is 5.96. The minimum absolute atomic E-state index is 0.0986. The van der Waals surface area contributed by atoms with E-state index in [1.165, 1.54) is 32.4 Å². The molecular formula is C19H31N3O2. The molecule has 4 N–H and O–H groups in total. The van der Waals surface area contributed by atoms with Gasteiger partial charge in [0.05, 0.1) is 6.61 Å². The third-order valence-electron chi connectivity index (χ3n) is 4.85. The van der Waals surface area contributed by atoms with E-state index < -0.39 is 0 Å². The van der Waals surface area contributed by atoms with Gasteiger partial charge in [-0.3, -0.25) is 5.41 Å². The molecule has 1 aromatic rings. The number of amidine groups is 1. The zero-order chi connectivity index (χ0) is 17.4. The lowest BCUT2D eigenvalue weighted by atomic mass is 9.92. The number of rotatable bonds is 9. The van der Waals surface area contributed by atoms with Gasteiger partial charge in [-0.05, 0) is 81.8 Å². The molecule has 1 aliphatic heterocycles. The molecule has 0 unspecified atom stereocenters.